The van der Waals surface area contributed by atoms with Crippen LogP contribution in [0.25, 0.3) is 0 Å². The number of hydrogen-bond acceptors (Lipinski definition) is 2. The molecule has 0 aromatic carbocycles. The summed E-state index contributed by atoms with van der Waals surface area (Å²) in [7, 11) is 0. The lowest BCUT2D eigenvalue weighted by molar-refractivity contribution is -0.165. The van der Waals surface area contributed by atoms with Crippen LogP contribution in [-0.2, 0) is 11.2 Å². The number of carboxylic acids is 1. The molecule has 0 aliphatic heterocycles. The molecule has 1 N–H and O–H groups in total. The number of thiophene rings is 1. The minimum atomic E-state index is -3.61. The summed E-state index contributed by atoms with van der Waals surface area (Å²) in [6.07, 6.45) is -0.521. The highest BCUT2D eigenvalue weighted by molar-refractivity contribution is 7.10. The monoisotopic (exact) mass is 220 g/mol. The molecular weight excluding hydrogens is 210 g/mol. The lowest BCUT2D eigenvalue weighted by Crippen LogP contribution is -2.28. The Hall–Kier alpha value is -0.970. The number of rotatable bonds is 4. The van der Waals surface area contributed by atoms with E-state index in [1.807, 2.05) is 18.4 Å². The van der Waals surface area contributed by atoms with Crippen LogP contribution in [0.1, 0.15) is 16.9 Å². The molecule has 2 nitrogen and oxygen atoms in total. The molecular formula is C9H10F2O2S. The first-order valence-corrected chi connectivity index (χ1v) is 4.95. The van der Waals surface area contributed by atoms with Gasteiger partial charge in [-0.2, -0.15) is 8.78 Å². The zero-order chi connectivity index (χ0) is 10.8. The Morgan fingerprint density at radius 2 is 2.29 bits per heavy atom. The quantitative estimate of drug-likeness (QED) is 0.847. The van der Waals surface area contributed by atoms with Crippen LogP contribution in [0.5, 0.6) is 0 Å². The molecule has 0 fully saturated rings. The fourth-order valence-electron chi connectivity index (χ4n) is 1.04. The maximum atomic E-state index is 12.7. The lowest BCUT2D eigenvalue weighted by Gasteiger charge is -2.09. The zero-order valence-electron chi connectivity index (χ0n) is 7.59. The van der Waals surface area contributed by atoms with Gasteiger partial charge in [-0.25, -0.2) is 4.79 Å². The van der Waals surface area contributed by atoms with Crippen LogP contribution >= 0.6 is 11.3 Å². The standard InChI is InChI=1S/C9H10F2O2S/c1-6-3-5-14-7(6)2-4-9(10,11)8(12)13/h3,5H,2,4H2,1H3,(H,12,13). The molecule has 0 saturated heterocycles. The Balaban J connectivity index is 2.57. The highest BCUT2D eigenvalue weighted by Gasteiger charge is 2.38. The minimum absolute atomic E-state index is 0.114. The Kier molecular flexibility index (Phi) is 3.21. The second kappa shape index (κ2) is 4.04. The van der Waals surface area contributed by atoms with Crippen LogP contribution in [0, 0.1) is 6.92 Å². The summed E-state index contributed by atoms with van der Waals surface area (Å²) in [6, 6.07) is 1.83. The molecule has 1 rings (SSSR count). The fourth-order valence-corrected chi connectivity index (χ4v) is 1.95. The van der Waals surface area contributed by atoms with Gasteiger partial charge in [-0.3, -0.25) is 0 Å². The molecule has 0 atom stereocenters. The molecule has 1 aromatic heterocycles. The van der Waals surface area contributed by atoms with Gasteiger partial charge in [0.05, 0.1) is 0 Å². The number of alkyl halides is 2. The van der Waals surface area contributed by atoms with Crippen molar-refractivity contribution in [2.45, 2.75) is 25.7 Å². The van der Waals surface area contributed by atoms with E-state index in [0.717, 1.165) is 10.4 Å². The molecule has 78 valence electrons. The van der Waals surface area contributed by atoms with E-state index in [1.165, 1.54) is 11.3 Å². The Morgan fingerprint density at radius 1 is 1.64 bits per heavy atom. The number of aryl methyl sites for hydroxylation is 2. The van der Waals surface area contributed by atoms with Gasteiger partial charge in [-0.05, 0) is 30.4 Å². The van der Waals surface area contributed by atoms with Crippen molar-refractivity contribution in [3.05, 3.63) is 21.9 Å². The molecule has 0 radical (unpaired) electrons. The van der Waals surface area contributed by atoms with Gasteiger partial charge in [-0.15, -0.1) is 11.3 Å². The van der Waals surface area contributed by atoms with Crippen LogP contribution in [-0.4, -0.2) is 17.0 Å². The third-order valence-electron chi connectivity index (χ3n) is 1.95. The number of carbonyl (C=O) groups is 1. The first-order chi connectivity index (χ1) is 6.43. The van der Waals surface area contributed by atoms with Crippen molar-refractivity contribution in [1.82, 2.24) is 0 Å². The first-order valence-electron chi connectivity index (χ1n) is 4.07. The average Bonchev–Trinajstić information content (AvgIpc) is 2.47. The lowest BCUT2D eigenvalue weighted by atomic mass is 10.1. The minimum Gasteiger partial charge on any atom is -0.477 e. The summed E-state index contributed by atoms with van der Waals surface area (Å²) in [5, 5.41) is 10.0. The van der Waals surface area contributed by atoms with Gasteiger partial charge in [0.15, 0.2) is 0 Å². The van der Waals surface area contributed by atoms with Gasteiger partial charge in [-0.1, -0.05) is 0 Å². The van der Waals surface area contributed by atoms with Crippen LogP contribution in [0.15, 0.2) is 11.4 Å². The van der Waals surface area contributed by atoms with Crippen LogP contribution in [0.4, 0.5) is 8.78 Å². The Morgan fingerprint density at radius 3 is 2.71 bits per heavy atom. The molecule has 0 bridgehead atoms. The topological polar surface area (TPSA) is 37.3 Å². The highest BCUT2D eigenvalue weighted by atomic mass is 32.1. The Labute approximate surface area is 84.2 Å². The van der Waals surface area contributed by atoms with Crippen molar-refractivity contribution in [3.8, 4) is 0 Å². The van der Waals surface area contributed by atoms with Crippen molar-refractivity contribution < 1.29 is 18.7 Å². The van der Waals surface area contributed by atoms with Gasteiger partial charge in [0.1, 0.15) is 0 Å². The van der Waals surface area contributed by atoms with E-state index < -0.39 is 18.3 Å². The van der Waals surface area contributed by atoms with Gasteiger partial charge >= 0.3 is 11.9 Å². The summed E-state index contributed by atoms with van der Waals surface area (Å²) < 4.78 is 25.4. The third-order valence-corrected chi connectivity index (χ3v) is 3.03. The van der Waals surface area contributed by atoms with Crippen LogP contribution < -0.4 is 0 Å². The van der Waals surface area contributed by atoms with Crippen LogP contribution in [0.3, 0.4) is 0 Å². The molecule has 14 heavy (non-hydrogen) atoms. The smallest absolute Gasteiger partial charge is 0.374 e. The second-order valence-electron chi connectivity index (χ2n) is 3.04. The molecule has 0 spiro atoms. The summed E-state index contributed by atoms with van der Waals surface area (Å²) >= 11 is 1.38. The van der Waals surface area contributed by atoms with Gasteiger partial charge in [0.25, 0.3) is 0 Å². The van der Waals surface area contributed by atoms with E-state index in [-0.39, 0.29) is 6.42 Å². The number of carboxylic acid groups (broad SMARTS) is 1. The second-order valence-corrected chi connectivity index (χ2v) is 4.04. The normalized spacial score (nSPS) is 11.6. The largest absolute Gasteiger partial charge is 0.477 e. The molecule has 5 heteroatoms. The van der Waals surface area contributed by atoms with Crippen molar-refractivity contribution in [3.63, 3.8) is 0 Å². The number of hydrogen-bond donors (Lipinski definition) is 1. The van der Waals surface area contributed by atoms with E-state index in [9.17, 15) is 13.6 Å². The highest BCUT2D eigenvalue weighted by Crippen LogP contribution is 2.24. The van der Waals surface area contributed by atoms with Gasteiger partial charge < -0.3 is 5.11 Å². The molecule has 1 aromatic rings. The molecule has 0 saturated carbocycles. The van der Waals surface area contributed by atoms with Gasteiger partial charge in [0.2, 0.25) is 0 Å². The van der Waals surface area contributed by atoms with Crippen molar-refractivity contribution in [2.24, 2.45) is 0 Å². The molecule has 0 amide bonds. The maximum absolute atomic E-state index is 12.7. The molecule has 0 aliphatic carbocycles. The Bertz CT molecular complexity index is 333. The third kappa shape index (κ3) is 2.51. The number of halogens is 2. The van der Waals surface area contributed by atoms with E-state index >= 15 is 0 Å². The fraction of sp³-hybridized carbons (Fsp3) is 0.444. The van der Waals surface area contributed by atoms with Crippen molar-refractivity contribution in [2.75, 3.05) is 0 Å². The van der Waals surface area contributed by atoms with Crippen molar-refractivity contribution in [1.29, 1.82) is 0 Å². The summed E-state index contributed by atoms with van der Waals surface area (Å²) in [5.74, 6) is -5.66. The van der Waals surface area contributed by atoms with Crippen LogP contribution in [0.2, 0.25) is 0 Å². The zero-order valence-corrected chi connectivity index (χ0v) is 8.41. The summed E-state index contributed by atoms with van der Waals surface area (Å²) in [5.41, 5.74) is 0.941. The average molecular weight is 220 g/mol. The molecule has 0 unspecified atom stereocenters. The van der Waals surface area contributed by atoms with Gasteiger partial charge in [0, 0.05) is 11.3 Å². The molecule has 1 heterocycles. The number of aliphatic carboxylic acids is 1. The van der Waals surface area contributed by atoms with E-state index in [0.29, 0.717) is 0 Å². The summed E-state index contributed by atoms with van der Waals surface area (Å²) in [4.78, 5) is 10.9. The predicted molar refractivity (Wildman–Crippen MR) is 50.0 cm³/mol. The summed E-state index contributed by atoms with van der Waals surface area (Å²) in [6.45, 7) is 1.82. The van der Waals surface area contributed by atoms with Crippen molar-refractivity contribution >= 4 is 17.3 Å². The van der Waals surface area contributed by atoms with E-state index in [1.54, 1.807) is 0 Å². The van der Waals surface area contributed by atoms with E-state index in [2.05, 4.69) is 0 Å². The SMILES string of the molecule is Cc1ccsc1CCC(F)(F)C(=O)O. The molecule has 0 aliphatic rings. The maximum Gasteiger partial charge on any atom is 0.374 e. The first kappa shape index (κ1) is 11.1. The van der Waals surface area contributed by atoms with E-state index in [4.69, 9.17) is 5.11 Å². The predicted octanol–water partition coefficient (Wildman–Crippen LogP) is 2.71.